The zero-order chi connectivity index (χ0) is 14.8. The Hall–Kier alpha value is -2.94. The van der Waals surface area contributed by atoms with Crippen LogP contribution in [0.25, 0.3) is 0 Å². The lowest BCUT2D eigenvalue weighted by atomic mass is 9.93. The Labute approximate surface area is 121 Å². The molecule has 0 aliphatic carbocycles. The predicted molar refractivity (Wildman–Crippen MR) is 76.1 cm³/mol. The van der Waals surface area contributed by atoms with Gasteiger partial charge in [0.2, 0.25) is 5.91 Å². The molecule has 104 valence electrons. The molecule has 3 rings (SSSR count). The number of hydrogen-bond donors (Lipinski definition) is 1. The van der Waals surface area contributed by atoms with E-state index in [-0.39, 0.29) is 5.69 Å². The maximum atomic E-state index is 11.8. The fourth-order valence-corrected chi connectivity index (χ4v) is 2.55. The van der Waals surface area contributed by atoms with Crippen molar-refractivity contribution in [3.8, 4) is 6.07 Å². The largest absolute Gasteiger partial charge is 0.368 e. The maximum absolute atomic E-state index is 11.8. The number of rotatable bonds is 2. The van der Waals surface area contributed by atoms with Crippen LogP contribution in [0.4, 0.5) is 5.82 Å². The van der Waals surface area contributed by atoms with E-state index in [4.69, 9.17) is 11.0 Å². The highest BCUT2D eigenvalue weighted by molar-refractivity contribution is 5.84. The normalized spacial score (nSPS) is 16.9. The zero-order valence-electron chi connectivity index (χ0n) is 11.2. The predicted octanol–water partition coefficient (Wildman–Crippen LogP) is 0.765. The fourth-order valence-electron chi connectivity index (χ4n) is 2.55. The number of fused-ring (bicyclic) bond motifs is 1. The molecular weight excluding hydrogens is 266 g/mol. The molecule has 1 amide bonds. The summed E-state index contributed by atoms with van der Waals surface area (Å²) < 4.78 is 0. The summed E-state index contributed by atoms with van der Waals surface area (Å²) in [7, 11) is 0. The van der Waals surface area contributed by atoms with Gasteiger partial charge in [0.25, 0.3) is 0 Å². The highest BCUT2D eigenvalue weighted by Crippen LogP contribution is 2.26. The second kappa shape index (κ2) is 5.21. The van der Waals surface area contributed by atoms with Crippen LogP contribution in [0.5, 0.6) is 0 Å². The summed E-state index contributed by atoms with van der Waals surface area (Å²) in [6.45, 7) is 0.546. The molecule has 2 heterocycles. The lowest BCUT2D eigenvalue weighted by Crippen LogP contribution is -2.49. The summed E-state index contributed by atoms with van der Waals surface area (Å²) in [4.78, 5) is 21.8. The van der Waals surface area contributed by atoms with E-state index in [9.17, 15) is 4.79 Å². The molecule has 0 bridgehead atoms. The van der Waals surface area contributed by atoms with Gasteiger partial charge in [0.15, 0.2) is 5.69 Å². The van der Waals surface area contributed by atoms with Crippen molar-refractivity contribution in [2.24, 2.45) is 5.73 Å². The molecule has 0 radical (unpaired) electrons. The standard InChI is InChI=1S/C15H13N5O/c16-6-12-7-19-14(8-18-12)20-9-11-4-2-1-3-10(11)5-13(20)15(17)21/h1-4,7-8,13H,5,9H2,(H2,17,21)/t13-/m0/s1. The zero-order valence-corrected chi connectivity index (χ0v) is 11.2. The van der Waals surface area contributed by atoms with Crippen LogP contribution < -0.4 is 10.6 Å². The number of anilines is 1. The second-order valence-corrected chi connectivity index (χ2v) is 4.89. The molecule has 1 aliphatic heterocycles. The minimum atomic E-state index is -0.456. The molecular formula is C15H13N5O. The first kappa shape index (κ1) is 13.1. The number of nitrogens with zero attached hydrogens (tertiary/aromatic N) is 4. The van der Waals surface area contributed by atoms with Gasteiger partial charge < -0.3 is 10.6 Å². The van der Waals surface area contributed by atoms with Gasteiger partial charge in [0.05, 0.1) is 12.4 Å². The van der Waals surface area contributed by atoms with E-state index >= 15 is 0 Å². The molecule has 1 aromatic carbocycles. The third kappa shape index (κ3) is 2.41. The van der Waals surface area contributed by atoms with Crippen LogP contribution in [-0.2, 0) is 17.8 Å². The number of nitriles is 1. The number of amides is 1. The van der Waals surface area contributed by atoms with Crippen LogP contribution >= 0.6 is 0 Å². The summed E-state index contributed by atoms with van der Waals surface area (Å²) in [6.07, 6.45) is 3.45. The SMILES string of the molecule is N#Cc1cnc(N2Cc3ccccc3C[C@H]2C(N)=O)cn1. The molecule has 0 spiro atoms. The lowest BCUT2D eigenvalue weighted by molar-refractivity contribution is -0.119. The fraction of sp³-hybridized carbons (Fsp3) is 0.200. The van der Waals surface area contributed by atoms with Gasteiger partial charge in [-0.3, -0.25) is 4.79 Å². The quantitative estimate of drug-likeness (QED) is 0.875. The lowest BCUT2D eigenvalue weighted by Gasteiger charge is -2.35. The van der Waals surface area contributed by atoms with Gasteiger partial charge in [-0.25, -0.2) is 9.97 Å². The van der Waals surface area contributed by atoms with Gasteiger partial charge in [-0.2, -0.15) is 5.26 Å². The summed E-state index contributed by atoms with van der Waals surface area (Å²) in [6, 6.07) is 9.41. The second-order valence-electron chi connectivity index (χ2n) is 4.89. The first-order chi connectivity index (χ1) is 10.2. The Kier molecular flexibility index (Phi) is 3.24. The molecule has 0 fully saturated rings. The van der Waals surface area contributed by atoms with Crippen LogP contribution in [0.3, 0.4) is 0 Å². The van der Waals surface area contributed by atoms with Gasteiger partial charge in [0, 0.05) is 13.0 Å². The summed E-state index contributed by atoms with van der Waals surface area (Å²) >= 11 is 0. The number of carbonyl (C=O) groups excluding carboxylic acids is 1. The van der Waals surface area contributed by atoms with Crippen LogP contribution in [0.1, 0.15) is 16.8 Å². The van der Waals surface area contributed by atoms with Crippen molar-refractivity contribution in [2.45, 2.75) is 19.0 Å². The van der Waals surface area contributed by atoms with Gasteiger partial charge in [-0.05, 0) is 11.1 Å². The smallest absolute Gasteiger partial charge is 0.240 e. The molecule has 1 aromatic heterocycles. The van der Waals surface area contributed by atoms with E-state index in [1.807, 2.05) is 35.2 Å². The molecule has 6 heteroatoms. The summed E-state index contributed by atoms with van der Waals surface area (Å²) in [5.74, 6) is 0.156. The minimum absolute atomic E-state index is 0.242. The van der Waals surface area contributed by atoms with Gasteiger partial charge in [-0.1, -0.05) is 24.3 Å². The summed E-state index contributed by atoms with van der Waals surface area (Å²) in [5, 5.41) is 8.77. The first-order valence-electron chi connectivity index (χ1n) is 6.54. The van der Waals surface area contributed by atoms with Crippen LogP contribution in [0, 0.1) is 11.3 Å². The molecule has 0 saturated heterocycles. The Morgan fingerprint density at radius 3 is 2.67 bits per heavy atom. The van der Waals surface area contributed by atoms with Crippen LogP contribution in [0.15, 0.2) is 36.7 Å². The molecule has 0 unspecified atom stereocenters. The van der Waals surface area contributed by atoms with Crippen molar-refractivity contribution in [2.75, 3.05) is 4.90 Å². The first-order valence-corrected chi connectivity index (χ1v) is 6.54. The molecule has 6 nitrogen and oxygen atoms in total. The van der Waals surface area contributed by atoms with Gasteiger partial charge in [0.1, 0.15) is 17.9 Å². The maximum Gasteiger partial charge on any atom is 0.240 e. The van der Waals surface area contributed by atoms with Gasteiger partial charge >= 0.3 is 0 Å². The van der Waals surface area contributed by atoms with E-state index in [1.165, 1.54) is 12.4 Å². The van der Waals surface area contributed by atoms with Crippen LogP contribution in [0.2, 0.25) is 0 Å². The van der Waals surface area contributed by atoms with E-state index in [1.54, 1.807) is 0 Å². The molecule has 2 aromatic rings. The number of nitrogens with two attached hydrogens (primary N) is 1. The minimum Gasteiger partial charge on any atom is -0.368 e. The van der Waals surface area contributed by atoms with Gasteiger partial charge in [-0.15, -0.1) is 0 Å². The number of aromatic nitrogens is 2. The number of primary amides is 1. The average Bonchev–Trinajstić information content (AvgIpc) is 2.53. The van der Waals surface area contributed by atoms with E-state index < -0.39 is 11.9 Å². The molecule has 1 aliphatic rings. The Morgan fingerprint density at radius 2 is 2.05 bits per heavy atom. The number of hydrogen-bond acceptors (Lipinski definition) is 5. The van der Waals surface area contributed by atoms with Crippen molar-refractivity contribution in [1.82, 2.24) is 9.97 Å². The third-order valence-corrected chi connectivity index (χ3v) is 3.62. The van der Waals surface area contributed by atoms with Crippen molar-refractivity contribution in [1.29, 1.82) is 5.26 Å². The van der Waals surface area contributed by atoms with Crippen molar-refractivity contribution in [3.05, 3.63) is 53.5 Å². The topological polar surface area (TPSA) is 95.9 Å². The summed E-state index contributed by atoms with van der Waals surface area (Å²) in [5.41, 5.74) is 8.03. The Morgan fingerprint density at radius 1 is 1.29 bits per heavy atom. The molecule has 0 saturated carbocycles. The Bertz CT molecular complexity index is 720. The van der Waals surface area contributed by atoms with E-state index in [0.717, 1.165) is 11.1 Å². The van der Waals surface area contributed by atoms with E-state index in [0.29, 0.717) is 18.8 Å². The Balaban J connectivity index is 1.99. The van der Waals surface area contributed by atoms with E-state index in [2.05, 4.69) is 9.97 Å². The third-order valence-electron chi connectivity index (χ3n) is 3.62. The van der Waals surface area contributed by atoms with Crippen molar-refractivity contribution >= 4 is 11.7 Å². The highest BCUT2D eigenvalue weighted by atomic mass is 16.1. The average molecular weight is 279 g/mol. The number of carbonyl (C=O) groups is 1. The monoisotopic (exact) mass is 279 g/mol. The molecule has 1 atom stereocenters. The number of benzene rings is 1. The van der Waals surface area contributed by atoms with Crippen LogP contribution in [-0.4, -0.2) is 21.9 Å². The molecule has 2 N–H and O–H groups in total. The van der Waals surface area contributed by atoms with Crippen molar-refractivity contribution < 1.29 is 4.79 Å². The van der Waals surface area contributed by atoms with Crippen molar-refractivity contribution in [3.63, 3.8) is 0 Å². The highest BCUT2D eigenvalue weighted by Gasteiger charge is 2.30. The molecule has 21 heavy (non-hydrogen) atoms.